The summed E-state index contributed by atoms with van der Waals surface area (Å²) in [5.74, 6) is -0.133. The van der Waals surface area contributed by atoms with Crippen LogP contribution in [0.5, 0.6) is 0 Å². The molecule has 0 aliphatic heterocycles. The fourth-order valence-corrected chi connectivity index (χ4v) is 4.78. The summed E-state index contributed by atoms with van der Waals surface area (Å²) in [5.41, 5.74) is 0. The first-order valence-corrected chi connectivity index (χ1v) is 16.7. The zero-order valence-electron chi connectivity index (χ0n) is 25.9. The Bertz CT molecular complexity index is 599. The Morgan fingerprint density at radius 1 is 0.590 bits per heavy atom. The van der Waals surface area contributed by atoms with E-state index in [1.54, 1.807) is 6.08 Å². The van der Waals surface area contributed by atoms with Crippen LogP contribution in [-0.4, -0.2) is 34.9 Å². The van der Waals surface area contributed by atoms with Crippen LogP contribution in [0.15, 0.2) is 36.5 Å². The maximum Gasteiger partial charge on any atom is 0.220 e. The molecule has 0 heterocycles. The van der Waals surface area contributed by atoms with Gasteiger partial charge < -0.3 is 15.5 Å². The quantitative estimate of drug-likeness (QED) is 0.0645. The molecule has 0 saturated heterocycles. The highest BCUT2D eigenvalue weighted by atomic mass is 16.3. The standard InChI is InChI=1S/C35H65NO3/c1-3-5-6-7-8-9-10-11-12-13-14-15-16-17-18-19-20-21-22-23-24-25-26-27-28-29-31-34(38)33(32-37)36-35(39)30-4-2/h21-22,25-26,29,31,33-34,37-38H,3-20,23-24,27-28,30,32H2,1-2H3,(H,36,39)/b22-21+,26-25+,31-29+. The lowest BCUT2D eigenvalue weighted by Crippen LogP contribution is -2.45. The second kappa shape index (κ2) is 31.1. The number of hydrogen-bond acceptors (Lipinski definition) is 3. The number of allylic oxidation sites excluding steroid dienone is 5. The van der Waals surface area contributed by atoms with Crippen molar-refractivity contribution in [2.24, 2.45) is 0 Å². The molecule has 0 aromatic heterocycles. The number of hydrogen-bond donors (Lipinski definition) is 3. The Balaban J connectivity index is 3.46. The third-order valence-corrected chi connectivity index (χ3v) is 7.32. The zero-order valence-corrected chi connectivity index (χ0v) is 25.9. The van der Waals surface area contributed by atoms with Gasteiger partial charge in [0.2, 0.25) is 5.91 Å². The van der Waals surface area contributed by atoms with Crippen molar-refractivity contribution < 1.29 is 15.0 Å². The smallest absolute Gasteiger partial charge is 0.220 e. The van der Waals surface area contributed by atoms with Crippen molar-refractivity contribution in [2.75, 3.05) is 6.61 Å². The number of nitrogens with one attached hydrogen (secondary N) is 1. The van der Waals surface area contributed by atoms with E-state index in [1.807, 2.05) is 13.0 Å². The number of amides is 1. The van der Waals surface area contributed by atoms with Gasteiger partial charge in [-0.1, -0.05) is 147 Å². The van der Waals surface area contributed by atoms with Crippen LogP contribution in [0.25, 0.3) is 0 Å². The van der Waals surface area contributed by atoms with E-state index in [0.29, 0.717) is 6.42 Å². The van der Waals surface area contributed by atoms with Crippen LogP contribution in [0.1, 0.15) is 162 Å². The van der Waals surface area contributed by atoms with Gasteiger partial charge >= 0.3 is 0 Å². The molecule has 0 bridgehead atoms. The highest BCUT2D eigenvalue weighted by Gasteiger charge is 2.17. The molecule has 0 spiro atoms. The average Bonchev–Trinajstić information content (AvgIpc) is 2.93. The van der Waals surface area contributed by atoms with Crippen LogP contribution < -0.4 is 5.32 Å². The van der Waals surface area contributed by atoms with Gasteiger partial charge in [0, 0.05) is 6.42 Å². The molecular weight excluding hydrogens is 482 g/mol. The lowest BCUT2D eigenvalue weighted by atomic mass is 10.0. The van der Waals surface area contributed by atoms with Gasteiger partial charge in [-0.05, 0) is 44.9 Å². The maximum atomic E-state index is 11.6. The van der Waals surface area contributed by atoms with E-state index in [4.69, 9.17) is 0 Å². The first kappa shape index (κ1) is 37.6. The van der Waals surface area contributed by atoms with Gasteiger partial charge in [-0.15, -0.1) is 0 Å². The summed E-state index contributed by atoms with van der Waals surface area (Å²) in [4.78, 5) is 11.6. The molecule has 0 aromatic carbocycles. The molecule has 0 aliphatic carbocycles. The van der Waals surface area contributed by atoms with Crippen LogP contribution >= 0.6 is 0 Å². The molecule has 0 radical (unpaired) electrons. The Kier molecular flexibility index (Phi) is 30.0. The monoisotopic (exact) mass is 547 g/mol. The molecule has 0 aliphatic rings. The van der Waals surface area contributed by atoms with Crippen molar-refractivity contribution in [3.8, 4) is 0 Å². The summed E-state index contributed by atoms with van der Waals surface area (Å²) in [6, 6.07) is -0.637. The van der Waals surface area contributed by atoms with Gasteiger partial charge in [0.15, 0.2) is 0 Å². The summed E-state index contributed by atoms with van der Waals surface area (Å²) in [5, 5.41) is 22.2. The first-order valence-electron chi connectivity index (χ1n) is 16.7. The van der Waals surface area contributed by atoms with E-state index in [0.717, 1.165) is 32.1 Å². The lowest BCUT2D eigenvalue weighted by molar-refractivity contribution is -0.122. The number of rotatable bonds is 29. The number of aliphatic hydroxyl groups excluding tert-OH is 2. The van der Waals surface area contributed by atoms with Crippen LogP contribution in [0.3, 0.4) is 0 Å². The molecule has 0 aromatic rings. The Labute approximate surface area is 242 Å². The fourth-order valence-electron chi connectivity index (χ4n) is 4.78. The minimum Gasteiger partial charge on any atom is -0.394 e. The summed E-state index contributed by atoms with van der Waals surface area (Å²) in [6.07, 6.45) is 40.8. The van der Waals surface area contributed by atoms with Crippen molar-refractivity contribution >= 4 is 5.91 Å². The van der Waals surface area contributed by atoms with Crippen molar-refractivity contribution in [2.45, 2.75) is 174 Å². The van der Waals surface area contributed by atoms with E-state index in [-0.39, 0.29) is 12.5 Å². The van der Waals surface area contributed by atoms with Gasteiger partial charge in [-0.3, -0.25) is 4.79 Å². The number of unbranched alkanes of at least 4 members (excludes halogenated alkanes) is 18. The van der Waals surface area contributed by atoms with Crippen molar-refractivity contribution in [3.05, 3.63) is 36.5 Å². The molecule has 39 heavy (non-hydrogen) atoms. The van der Waals surface area contributed by atoms with Gasteiger partial charge in [-0.2, -0.15) is 0 Å². The molecular formula is C35H65NO3. The van der Waals surface area contributed by atoms with Crippen molar-refractivity contribution in [3.63, 3.8) is 0 Å². The lowest BCUT2D eigenvalue weighted by Gasteiger charge is -2.19. The second-order valence-electron chi connectivity index (χ2n) is 11.2. The molecule has 4 heteroatoms. The van der Waals surface area contributed by atoms with Crippen LogP contribution in [0.2, 0.25) is 0 Å². The highest BCUT2D eigenvalue weighted by Crippen LogP contribution is 2.14. The van der Waals surface area contributed by atoms with Crippen molar-refractivity contribution in [1.82, 2.24) is 5.32 Å². The minimum absolute atomic E-state index is 0.133. The van der Waals surface area contributed by atoms with Crippen LogP contribution in [0, 0.1) is 0 Å². The second-order valence-corrected chi connectivity index (χ2v) is 11.2. The summed E-state index contributed by atoms with van der Waals surface area (Å²) >= 11 is 0. The largest absolute Gasteiger partial charge is 0.394 e. The number of carbonyl (C=O) groups is 1. The SMILES string of the molecule is CCCCCCCCCCCCCCCCCC/C=C/CC/C=C/CC/C=C/C(O)C(CO)NC(=O)CCC. The molecule has 0 rings (SSSR count). The molecule has 3 N–H and O–H groups in total. The Morgan fingerprint density at radius 2 is 1.00 bits per heavy atom. The van der Waals surface area contributed by atoms with E-state index < -0.39 is 12.1 Å². The zero-order chi connectivity index (χ0) is 28.7. The number of carbonyl (C=O) groups excluding carboxylic acids is 1. The molecule has 228 valence electrons. The Morgan fingerprint density at radius 3 is 1.44 bits per heavy atom. The normalized spacial score (nSPS) is 13.6. The van der Waals surface area contributed by atoms with Crippen LogP contribution in [0.4, 0.5) is 0 Å². The van der Waals surface area contributed by atoms with Crippen LogP contribution in [-0.2, 0) is 4.79 Å². The van der Waals surface area contributed by atoms with E-state index >= 15 is 0 Å². The fraction of sp³-hybridized carbons (Fsp3) is 0.800. The van der Waals surface area contributed by atoms with E-state index in [2.05, 4.69) is 36.5 Å². The topological polar surface area (TPSA) is 69.6 Å². The predicted octanol–water partition coefficient (Wildman–Crippen LogP) is 9.51. The van der Waals surface area contributed by atoms with E-state index in [1.165, 1.54) is 109 Å². The molecule has 4 nitrogen and oxygen atoms in total. The predicted molar refractivity (Wildman–Crippen MR) is 170 cm³/mol. The Hall–Kier alpha value is -1.39. The molecule has 0 fully saturated rings. The van der Waals surface area contributed by atoms with Gasteiger partial charge in [0.1, 0.15) is 0 Å². The van der Waals surface area contributed by atoms with Gasteiger partial charge in [0.25, 0.3) is 0 Å². The van der Waals surface area contributed by atoms with Gasteiger partial charge in [0.05, 0.1) is 18.8 Å². The highest BCUT2D eigenvalue weighted by molar-refractivity contribution is 5.76. The third-order valence-electron chi connectivity index (χ3n) is 7.32. The van der Waals surface area contributed by atoms with Crippen molar-refractivity contribution in [1.29, 1.82) is 0 Å². The summed E-state index contributed by atoms with van der Waals surface area (Å²) in [7, 11) is 0. The first-order chi connectivity index (χ1) is 19.2. The van der Waals surface area contributed by atoms with E-state index in [9.17, 15) is 15.0 Å². The molecule has 0 saturated carbocycles. The minimum atomic E-state index is -0.862. The third kappa shape index (κ3) is 28.0. The molecule has 2 atom stereocenters. The number of aliphatic hydroxyl groups is 2. The summed E-state index contributed by atoms with van der Waals surface area (Å²) in [6.45, 7) is 3.95. The molecule has 2 unspecified atom stereocenters. The van der Waals surface area contributed by atoms with Gasteiger partial charge in [-0.25, -0.2) is 0 Å². The maximum absolute atomic E-state index is 11.6. The average molecular weight is 548 g/mol. The summed E-state index contributed by atoms with van der Waals surface area (Å²) < 4.78 is 0. The molecule has 1 amide bonds.